The van der Waals surface area contributed by atoms with Crippen molar-refractivity contribution in [2.45, 2.75) is 18.7 Å². The van der Waals surface area contributed by atoms with E-state index in [1.807, 2.05) is 0 Å². The van der Waals surface area contributed by atoms with Crippen LogP contribution in [0, 0.1) is 0 Å². The number of aromatic hydroxyl groups is 1. The maximum atomic E-state index is 11.7. The Morgan fingerprint density at radius 3 is 2.53 bits per heavy atom. The standard InChI is InChI=1S/C12H13BrO4/c1-3-17-12(16)9-6-4-5-8(11(9)15)10(14)7(2)13/h4-7,15H,3H2,1-2H3. The Bertz CT molecular complexity index is 440. The van der Waals surface area contributed by atoms with E-state index in [4.69, 9.17) is 4.74 Å². The topological polar surface area (TPSA) is 63.6 Å². The first-order chi connectivity index (χ1) is 7.99. The number of rotatable bonds is 4. The average Bonchev–Trinajstić information content (AvgIpc) is 2.28. The lowest BCUT2D eigenvalue weighted by molar-refractivity contribution is 0.0523. The van der Waals surface area contributed by atoms with E-state index >= 15 is 0 Å². The molecule has 0 saturated carbocycles. The van der Waals surface area contributed by atoms with Gasteiger partial charge in [-0.15, -0.1) is 0 Å². The number of ketones is 1. The van der Waals surface area contributed by atoms with E-state index in [9.17, 15) is 14.7 Å². The molecule has 0 aliphatic carbocycles. The summed E-state index contributed by atoms with van der Waals surface area (Å²) in [4.78, 5) is 22.8. The third-order valence-electron chi connectivity index (χ3n) is 2.16. The molecule has 5 heteroatoms. The molecule has 0 saturated heterocycles. The molecule has 92 valence electrons. The first-order valence-electron chi connectivity index (χ1n) is 5.16. The van der Waals surface area contributed by atoms with Crippen LogP contribution in [0.1, 0.15) is 34.6 Å². The second kappa shape index (κ2) is 5.82. The Balaban J connectivity index is 3.16. The van der Waals surface area contributed by atoms with Crippen LogP contribution in [0.2, 0.25) is 0 Å². The lowest BCUT2D eigenvalue weighted by Gasteiger charge is -2.09. The molecule has 1 rings (SSSR count). The van der Waals surface area contributed by atoms with Crippen molar-refractivity contribution in [3.8, 4) is 5.75 Å². The molecule has 1 aromatic rings. The quantitative estimate of drug-likeness (QED) is 0.527. The van der Waals surface area contributed by atoms with E-state index in [0.29, 0.717) is 0 Å². The van der Waals surface area contributed by atoms with Crippen molar-refractivity contribution in [2.75, 3.05) is 6.61 Å². The van der Waals surface area contributed by atoms with Gasteiger partial charge in [-0.05, 0) is 26.0 Å². The number of halogens is 1. The number of benzene rings is 1. The summed E-state index contributed by atoms with van der Waals surface area (Å²) in [6.07, 6.45) is 0. The zero-order chi connectivity index (χ0) is 13.0. The van der Waals surface area contributed by atoms with Crippen molar-refractivity contribution >= 4 is 27.7 Å². The molecule has 1 N–H and O–H groups in total. The van der Waals surface area contributed by atoms with Crippen LogP contribution >= 0.6 is 15.9 Å². The number of hydrogen-bond acceptors (Lipinski definition) is 4. The Kier molecular flexibility index (Phi) is 4.69. The maximum absolute atomic E-state index is 11.7. The maximum Gasteiger partial charge on any atom is 0.341 e. The van der Waals surface area contributed by atoms with Crippen LogP contribution in [0.25, 0.3) is 0 Å². The number of ether oxygens (including phenoxy) is 1. The molecule has 0 aromatic heterocycles. The summed E-state index contributed by atoms with van der Waals surface area (Å²) in [5, 5.41) is 9.86. The van der Waals surface area contributed by atoms with Crippen molar-refractivity contribution in [3.63, 3.8) is 0 Å². The number of phenolic OH excluding ortho intramolecular Hbond substituents is 1. The number of carbonyl (C=O) groups is 2. The van der Waals surface area contributed by atoms with Crippen molar-refractivity contribution in [1.29, 1.82) is 0 Å². The van der Waals surface area contributed by atoms with Crippen LogP contribution in [-0.4, -0.2) is 28.3 Å². The van der Waals surface area contributed by atoms with Gasteiger partial charge >= 0.3 is 5.97 Å². The summed E-state index contributed by atoms with van der Waals surface area (Å²) in [7, 11) is 0. The molecule has 0 fully saturated rings. The van der Waals surface area contributed by atoms with E-state index in [0.717, 1.165) is 0 Å². The number of para-hydroxylation sites is 1. The number of phenols is 1. The third-order valence-corrected chi connectivity index (χ3v) is 2.57. The van der Waals surface area contributed by atoms with Gasteiger partial charge in [-0.3, -0.25) is 4.79 Å². The summed E-state index contributed by atoms with van der Waals surface area (Å²) in [6.45, 7) is 3.54. The van der Waals surface area contributed by atoms with E-state index in [-0.39, 0.29) is 29.3 Å². The van der Waals surface area contributed by atoms with Gasteiger partial charge in [0.2, 0.25) is 0 Å². The predicted molar refractivity (Wildman–Crippen MR) is 66.8 cm³/mol. The minimum Gasteiger partial charge on any atom is -0.506 e. The number of hydrogen-bond donors (Lipinski definition) is 1. The Morgan fingerprint density at radius 1 is 1.41 bits per heavy atom. The summed E-state index contributed by atoms with van der Waals surface area (Å²) in [5.74, 6) is -1.25. The van der Waals surface area contributed by atoms with E-state index in [2.05, 4.69) is 15.9 Å². The van der Waals surface area contributed by atoms with Gasteiger partial charge in [0.15, 0.2) is 5.78 Å². The molecule has 17 heavy (non-hydrogen) atoms. The van der Waals surface area contributed by atoms with Crippen LogP contribution in [0.3, 0.4) is 0 Å². The fraction of sp³-hybridized carbons (Fsp3) is 0.333. The van der Waals surface area contributed by atoms with Crippen molar-refractivity contribution in [1.82, 2.24) is 0 Å². The molecule has 0 spiro atoms. The second-order valence-corrected chi connectivity index (χ2v) is 4.78. The van der Waals surface area contributed by atoms with Crippen LogP contribution < -0.4 is 0 Å². The molecule has 1 unspecified atom stereocenters. The van der Waals surface area contributed by atoms with Crippen LogP contribution in [-0.2, 0) is 4.74 Å². The van der Waals surface area contributed by atoms with E-state index < -0.39 is 10.8 Å². The molecule has 1 atom stereocenters. The molecule has 0 heterocycles. The molecule has 4 nitrogen and oxygen atoms in total. The van der Waals surface area contributed by atoms with Gasteiger partial charge in [0, 0.05) is 0 Å². The monoisotopic (exact) mass is 300 g/mol. The zero-order valence-corrected chi connectivity index (χ0v) is 11.2. The first-order valence-corrected chi connectivity index (χ1v) is 6.08. The summed E-state index contributed by atoms with van der Waals surface area (Å²) >= 11 is 3.13. The highest BCUT2D eigenvalue weighted by Crippen LogP contribution is 2.25. The summed E-state index contributed by atoms with van der Waals surface area (Å²) < 4.78 is 4.78. The molecule has 0 radical (unpaired) electrons. The normalized spacial score (nSPS) is 11.9. The van der Waals surface area contributed by atoms with Crippen LogP contribution in [0.5, 0.6) is 5.75 Å². The van der Waals surface area contributed by atoms with Gasteiger partial charge in [0.1, 0.15) is 11.3 Å². The summed E-state index contributed by atoms with van der Waals surface area (Å²) in [5.41, 5.74) is 0.116. The Labute approximate surface area is 108 Å². The van der Waals surface area contributed by atoms with Crippen molar-refractivity contribution < 1.29 is 19.4 Å². The number of carbonyl (C=O) groups excluding carboxylic acids is 2. The van der Waals surface area contributed by atoms with Crippen LogP contribution in [0.15, 0.2) is 18.2 Å². The van der Waals surface area contributed by atoms with Gasteiger partial charge in [-0.1, -0.05) is 22.0 Å². The third kappa shape index (κ3) is 3.06. The molecular weight excluding hydrogens is 288 g/mol. The first kappa shape index (κ1) is 13.7. The summed E-state index contributed by atoms with van der Waals surface area (Å²) in [6, 6.07) is 4.43. The molecule has 0 bridgehead atoms. The molecule has 0 aliphatic heterocycles. The van der Waals surface area contributed by atoms with Gasteiger partial charge < -0.3 is 9.84 Å². The minimum absolute atomic E-state index is 0.00542. The molecule has 0 amide bonds. The predicted octanol–water partition coefficient (Wildman–Crippen LogP) is 2.54. The van der Waals surface area contributed by atoms with E-state index in [1.165, 1.54) is 18.2 Å². The lowest BCUT2D eigenvalue weighted by atomic mass is 10.0. The van der Waals surface area contributed by atoms with E-state index in [1.54, 1.807) is 13.8 Å². The van der Waals surface area contributed by atoms with Crippen molar-refractivity contribution in [2.24, 2.45) is 0 Å². The van der Waals surface area contributed by atoms with Gasteiger partial charge in [0.25, 0.3) is 0 Å². The number of Topliss-reactive ketones (excluding diaryl/α,β-unsaturated/α-hetero) is 1. The Hall–Kier alpha value is -1.36. The highest BCUT2D eigenvalue weighted by atomic mass is 79.9. The fourth-order valence-corrected chi connectivity index (χ4v) is 1.58. The van der Waals surface area contributed by atoms with Gasteiger partial charge in [-0.2, -0.15) is 0 Å². The highest BCUT2D eigenvalue weighted by molar-refractivity contribution is 9.10. The molecule has 1 aromatic carbocycles. The average molecular weight is 301 g/mol. The van der Waals surface area contributed by atoms with Gasteiger partial charge in [-0.25, -0.2) is 4.79 Å². The van der Waals surface area contributed by atoms with Gasteiger partial charge in [0.05, 0.1) is 17.0 Å². The zero-order valence-electron chi connectivity index (χ0n) is 9.57. The van der Waals surface area contributed by atoms with Crippen LogP contribution in [0.4, 0.5) is 0 Å². The van der Waals surface area contributed by atoms with Crippen molar-refractivity contribution in [3.05, 3.63) is 29.3 Å². The number of esters is 1. The number of alkyl halides is 1. The fourth-order valence-electron chi connectivity index (χ4n) is 1.33. The highest BCUT2D eigenvalue weighted by Gasteiger charge is 2.21. The second-order valence-electron chi connectivity index (χ2n) is 3.40. The largest absolute Gasteiger partial charge is 0.506 e. The Morgan fingerprint density at radius 2 is 2.00 bits per heavy atom. The lowest BCUT2D eigenvalue weighted by Crippen LogP contribution is -2.12. The molecule has 0 aliphatic rings. The SMILES string of the molecule is CCOC(=O)c1cccc(C(=O)C(C)Br)c1O. The smallest absolute Gasteiger partial charge is 0.341 e. The minimum atomic E-state index is -0.637. The molecular formula is C12H13BrO4.